The van der Waals surface area contributed by atoms with Crippen molar-refractivity contribution in [1.82, 2.24) is 0 Å². The van der Waals surface area contributed by atoms with Crippen molar-refractivity contribution in [3.8, 4) is 5.75 Å². The van der Waals surface area contributed by atoms with Gasteiger partial charge in [0.2, 0.25) is 0 Å². The topological polar surface area (TPSA) is 43.4 Å². The van der Waals surface area contributed by atoms with E-state index in [1.54, 1.807) is 30.3 Å². The summed E-state index contributed by atoms with van der Waals surface area (Å²) in [5.41, 5.74) is 1.21. The molecule has 3 nitrogen and oxygen atoms in total. The Balaban J connectivity index is 2.06. The van der Waals surface area contributed by atoms with Crippen molar-refractivity contribution < 1.29 is 18.7 Å². The summed E-state index contributed by atoms with van der Waals surface area (Å²) in [7, 11) is 0. The van der Waals surface area contributed by atoms with Crippen LogP contribution in [0.3, 0.4) is 0 Å². The highest BCUT2D eigenvalue weighted by Gasteiger charge is 2.01. The van der Waals surface area contributed by atoms with Gasteiger partial charge in [0.25, 0.3) is 6.47 Å². The number of benzene rings is 2. The fourth-order valence-corrected chi connectivity index (χ4v) is 1.60. The zero-order valence-corrected chi connectivity index (χ0v) is 10.5. The van der Waals surface area contributed by atoms with Gasteiger partial charge in [0.05, 0.1) is 0 Å². The van der Waals surface area contributed by atoms with Crippen LogP contribution in [0.15, 0.2) is 54.6 Å². The predicted molar refractivity (Wildman–Crippen MR) is 72.9 cm³/mol. The molecule has 0 amide bonds. The van der Waals surface area contributed by atoms with Crippen LogP contribution in [0.4, 0.5) is 4.39 Å². The minimum absolute atomic E-state index is 0.210. The van der Waals surface area contributed by atoms with E-state index in [2.05, 4.69) is 4.74 Å². The first-order chi connectivity index (χ1) is 9.69. The molecule has 0 fully saturated rings. The number of ketones is 1. The van der Waals surface area contributed by atoms with Crippen LogP contribution in [0, 0.1) is 5.82 Å². The summed E-state index contributed by atoms with van der Waals surface area (Å²) in [6.07, 6.45) is 3.04. The number of halogens is 1. The highest BCUT2D eigenvalue weighted by Crippen LogP contribution is 2.13. The second kappa shape index (κ2) is 6.43. The van der Waals surface area contributed by atoms with Gasteiger partial charge in [-0.2, -0.15) is 0 Å². The first-order valence-corrected chi connectivity index (χ1v) is 5.87. The lowest BCUT2D eigenvalue weighted by Gasteiger charge is -1.98. The molecule has 0 aliphatic carbocycles. The van der Waals surface area contributed by atoms with E-state index in [0.29, 0.717) is 17.8 Å². The Bertz CT molecular complexity index is 628. The van der Waals surface area contributed by atoms with Crippen LogP contribution in [-0.4, -0.2) is 12.3 Å². The van der Waals surface area contributed by atoms with E-state index < -0.39 is 0 Å². The van der Waals surface area contributed by atoms with Crippen molar-refractivity contribution in [2.75, 3.05) is 0 Å². The molecule has 0 saturated heterocycles. The van der Waals surface area contributed by atoms with E-state index in [-0.39, 0.29) is 11.6 Å². The summed E-state index contributed by atoms with van der Waals surface area (Å²) >= 11 is 0. The normalized spacial score (nSPS) is 10.4. The molecule has 0 spiro atoms. The zero-order chi connectivity index (χ0) is 14.4. The maximum absolute atomic E-state index is 12.7. The lowest BCUT2D eigenvalue weighted by molar-refractivity contribution is -0.120. The molecule has 2 rings (SSSR count). The molecule has 0 bridgehead atoms. The third-order valence-electron chi connectivity index (χ3n) is 2.62. The Morgan fingerprint density at radius 1 is 1.00 bits per heavy atom. The molecule has 0 heterocycles. The molecule has 0 aliphatic heterocycles. The van der Waals surface area contributed by atoms with Crippen LogP contribution >= 0.6 is 0 Å². The van der Waals surface area contributed by atoms with E-state index in [0.717, 1.165) is 5.56 Å². The van der Waals surface area contributed by atoms with Gasteiger partial charge in [-0.05, 0) is 48.0 Å². The van der Waals surface area contributed by atoms with Crippen LogP contribution in [0.1, 0.15) is 15.9 Å². The molecular weight excluding hydrogens is 259 g/mol. The second-order valence-electron chi connectivity index (χ2n) is 3.99. The average molecular weight is 270 g/mol. The summed E-state index contributed by atoms with van der Waals surface area (Å²) in [6.45, 7) is 0.350. The Hall–Kier alpha value is -2.75. The summed E-state index contributed by atoms with van der Waals surface area (Å²) in [4.78, 5) is 22.0. The minimum atomic E-state index is -0.378. The number of ether oxygens (including phenoxy) is 1. The second-order valence-corrected chi connectivity index (χ2v) is 3.99. The number of hydrogen-bond acceptors (Lipinski definition) is 3. The summed E-state index contributed by atoms with van der Waals surface area (Å²) in [6, 6.07) is 12.0. The highest BCUT2D eigenvalue weighted by molar-refractivity contribution is 6.06. The van der Waals surface area contributed by atoms with E-state index in [1.165, 1.54) is 30.3 Å². The molecule has 0 unspecified atom stereocenters. The van der Waals surface area contributed by atoms with Gasteiger partial charge < -0.3 is 4.74 Å². The first-order valence-electron chi connectivity index (χ1n) is 5.87. The van der Waals surface area contributed by atoms with E-state index in [9.17, 15) is 14.0 Å². The molecule has 0 atom stereocenters. The predicted octanol–water partition coefficient (Wildman–Crippen LogP) is 3.26. The Kier molecular flexibility index (Phi) is 4.39. The van der Waals surface area contributed by atoms with Crippen molar-refractivity contribution in [3.05, 3.63) is 71.6 Å². The van der Waals surface area contributed by atoms with Crippen molar-refractivity contribution in [2.45, 2.75) is 0 Å². The maximum Gasteiger partial charge on any atom is 0.298 e. The van der Waals surface area contributed by atoms with Crippen molar-refractivity contribution in [1.29, 1.82) is 0 Å². The summed E-state index contributed by atoms with van der Waals surface area (Å²) in [5.74, 6) is -0.156. The van der Waals surface area contributed by atoms with E-state index in [4.69, 9.17) is 0 Å². The average Bonchev–Trinajstić information content (AvgIpc) is 2.47. The number of hydrogen-bond donors (Lipinski definition) is 0. The van der Waals surface area contributed by atoms with E-state index >= 15 is 0 Å². The smallest absolute Gasteiger partial charge is 0.298 e. The van der Waals surface area contributed by atoms with Crippen LogP contribution < -0.4 is 4.74 Å². The van der Waals surface area contributed by atoms with Crippen LogP contribution in [0.2, 0.25) is 0 Å². The summed E-state index contributed by atoms with van der Waals surface area (Å²) in [5, 5.41) is 0. The quantitative estimate of drug-likeness (QED) is 0.476. The summed E-state index contributed by atoms with van der Waals surface area (Å²) < 4.78 is 17.4. The largest absolute Gasteiger partial charge is 0.429 e. The van der Waals surface area contributed by atoms with Gasteiger partial charge in [0, 0.05) is 5.56 Å². The molecule has 20 heavy (non-hydrogen) atoms. The molecule has 4 heteroatoms. The highest BCUT2D eigenvalue weighted by atomic mass is 19.1. The van der Waals surface area contributed by atoms with Crippen LogP contribution in [0.25, 0.3) is 6.08 Å². The van der Waals surface area contributed by atoms with Crippen LogP contribution in [-0.2, 0) is 4.79 Å². The van der Waals surface area contributed by atoms with Gasteiger partial charge >= 0.3 is 0 Å². The SMILES string of the molecule is O=COc1ccc(/C=C/C(=O)c2ccc(F)cc2)cc1. The van der Waals surface area contributed by atoms with Gasteiger partial charge in [-0.25, -0.2) is 4.39 Å². The first kappa shape index (κ1) is 13.7. The Morgan fingerprint density at radius 2 is 1.65 bits per heavy atom. The number of rotatable bonds is 5. The third kappa shape index (κ3) is 3.62. The van der Waals surface area contributed by atoms with Crippen molar-refractivity contribution in [2.24, 2.45) is 0 Å². The maximum atomic E-state index is 12.7. The fourth-order valence-electron chi connectivity index (χ4n) is 1.60. The Labute approximate surface area is 115 Å². The van der Waals surface area contributed by atoms with Gasteiger partial charge in [-0.15, -0.1) is 0 Å². The van der Waals surface area contributed by atoms with Crippen molar-refractivity contribution >= 4 is 18.3 Å². The van der Waals surface area contributed by atoms with Gasteiger partial charge in [-0.1, -0.05) is 18.2 Å². The zero-order valence-electron chi connectivity index (χ0n) is 10.5. The fraction of sp³-hybridized carbons (Fsp3) is 0. The molecule has 2 aromatic rings. The lowest BCUT2D eigenvalue weighted by Crippen LogP contribution is -1.93. The van der Waals surface area contributed by atoms with Gasteiger partial charge in [0.1, 0.15) is 11.6 Å². The molecule has 100 valence electrons. The molecule has 0 N–H and O–H groups in total. The van der Waals surface area contributed by atoms with Crippen molar-refractivity contribution in [3.63, 3.8) is 0 Å². The van der Waals surface area contributed by atoms with E-state index in [1.807, 2.05) is 0 Å². The van der Waals surface area contributed by atoms with Gasteiger partial charge in [-0.3, -0.25) is 9.59 Å². The Morgan fingerprint density at radius 3 is 2.25 bits per heavy atom. The number of carbonyl (C=O) groups excluding carboxylic acids is 2. The molecule has 0 aromatic heterocycles. The molecular formula is C16H11FO3. The minimum Gasteiger partial charge on any atom is -0.429 e. The molecule has 2 aromatic carbocycles. The lowest BCUT2D eigenvalue weighted by atomic mass is 10.1. The monoisotopic (exact) mass is 270 g/mol. The molecule has 0 radical (unpaired) electrons. The number of carbonyl (C=O) groups is 2. The van der Waals surface area contributed by atoms with Crippen LogP contribution in [0.5, 0.6) is 5.75 Å². The van der Waals surface area contributed by atoms with Gasteiger partial charge in [0.15, 0.2) is 5.78 Å². The standard InChI is InChI=1S/C16H11FO3/c17-14-6-4-13(5-7-14)16(19)10-3-12-1-8-15(9-2-12)20-11-18/h1-11H/b10-3+. The molecule has 0 saturated carbocycles. The number of allylic oxidation sites excluding steroid dienone is 1. The third-order valence-corrected chi connectivity index (χ3v) is 2.62. The molecule has 0 aliphatic rings.